The Morgan fingerprint density at radius 2 is 2.46 bits per heavy atom. The van der Waals surface area contributed by atoms with Gasteiger partial charge in [-0.25, -0.2) is 4.98 Å². The van der Waals surface area contributed by atoms with Gasteiger partial charge in [0.15, 0.2) is 0 Å². The Balaban J connectivity index is 2.35. The lowest BCUT2D eigenvalue weighted by Crippen LogP contribution is -2.19. The summed E-state index contributed by atoms with van der Waals surface area (Å²) >= 11 is 1.69. The quantitative estimate of drug-likeness (QED) is 0.742. The number of thiazole rings is 1. The first-order chi connectivity index (χ1) is 6.24. The van der Waals surface area contributed by atoms with E-state index in [1.807, 2.05) is 13.1 Å². The molecule has 13 heavy (non-hydrogen) atoms. The molecule has 0 spiro atoms. The van der Waals surface area contributed by atoms with Crippen LogP contribution in [0.15, 0.2) is 6.20 Å². The molecule has 0 aliphatic rings. The third kappa shape index (κ3) is 3.40. The summed E-state index contributed by atoms with van der Waals surface area (Å²) in [4.78, 5) is 5.47. The van der Waals surface area contributed by atoms with E-state index in [1.54, 1.807) is 11.3 Å². The third-order valence-electron chi connectivity index (χ3n) is 1.77. The molecule has 0 aliphatic heterocycles. The van der Waals surface area contributed by atoms with Gasteiger partial charge in [-0.1, -0.05) is 0 Å². The zero-order valence-corrected chi connectivity index (χ0v) is 8.83. The van der Waals surface area contributed by atoms with Crippen molar-refractivity contribution in [3.8, 4) is 0 Å². The van der Waals surface area contributed by atoms with Crippen LogP contribution in [0.3, 0.4) is 0 Å². The Kier molecular flexibility index (Phi) is 4.32. The van der Waals surface area contributed by atoms with Gasteiger partial charge in [0.1, 0.15) is 5.01 Å². The minimum Gasteiger partial charge on any atom is -0.308 e. The van der Waals surface area contributed by atoms with Crippen molar-refractivity contribution in [3.05, 3.63) is 16.1 Å². The van der Waals surface area contributed by atoms with Crippen molar-refractivity contribution >= 4 is 11.3 Å². The molecule has 0 radical (unpaired) electrons. The van der Waals surface area contributed by atoms with Crippen LogP contribution >= 0.6 is 11.3 Å². The Morgan fingerprint density at radius 1 is 1.69 bits per heavy atom. The molecule has 0 saturated carbocycles. The van der Waals surface area contributed by atoms with Crippen molar-refractivity contribution < 1.29 is 4.39 Å². The fourth-order valence-corrected chi connectivity index (χ4v) is 1.85. The second-order valence-corrected chi connectivity index (χ2v) is 4.29. The Labute approximate surface area is 82.2 Å². The van der Waals surface area contributed by atoms with Gasteiger partial charge in [0.2, 0.25) is 0 Å². The zero-order chi connectivity index (χ0) is 9.68. The number of rotatable bonds is 5. The summed E-state index contributed by atoms with van der Waals surface area (Å²) in [7, 11) is 0. The van der Waals surface area contributed by atoms with E-state index in [-0.39, 0.29) is 12.7 Å². The first-order valence-corrected chi connectivity index (χ1v) is 5.27. The van der Waals surface area contributed by atoms with Gasteiger partial charge >= 0.3 is 0 Å². The first-order valence-electron chi connectivity index (χ1n) is 4.45. The van der Waals surface area contributed by atoms with E-state index >= 15 is 0 Å². The molecule has 1 unspecified atom stereocenters. The molecule has 0 aromatic carbocycles. The molecular formula is C9H15FN2S. The third-order valence-corrected chi connectivity index (χ3v) is 2.87. The van der Waals surface area contributed by atoms with E-state index in [0.29, 0.717) is 6.42 Å². The lowest BCUT2D eigenvalue weighted by Gasteiger charge is -2.09. The summed E-state index contributed by atoms with van der Waals surface area (Å²) in [5.41, 5.74) is 0. The molecule has 0 bridgehead atoms. The average molecular weight is 202 g/mol. The van der Waals surface area contributed by atoms with Gasteiger partial charge in [0, 0.05) is 11.1 Å². The van der Waals surface area contributed by atoms with Crippen molar-refractivity contribution in [2.45, 2.75) is 26.3 Å². The highest BCUT2D eigenvalue weighted by Gasteiger charge is 2.07. The number of nitrogens with zero attached hydrogens (tertiary/aromatic N) is 1. The number of alkyl halides is 1. The van der Waals surface area contributed by atoms with Gasteiger partial charge in [-0.15, -0.1) is 11.3 Å². The summed E-state index contributed by atoms with van der Waals surface area (Å²) in [6.07, 6.45) is 2.45. The van der Waals surface area contributed by atoms with Crippen LogP contribution in [0.25, 0.3) is 0 Å². The number of hydrogen-bond acceptors (Lipinski definition) is 3. The largest absolute Gasteiger partial charge is 0.308 e. The topological polar surface area (TPSA) is 24.9 Å². The molecule has 1 atom stereocenters. The van der Waals surface area contributed by atoms with E-state index in [1.165, 1.54) is 4.88 Å². The summed E-state index contributed by atoms with van der Waals surface area (Å²) in [5, 5.41) is 4.30. The molecule has 2 nitrogen and oxygen atoms in total. The minimum absolute atomic E-state index is 0.241. The lowest BCUT2D eigenvalue weighted by molar-refractivity contribution is 0.445. The number of nitrogens with one attached hydrogen (secondary N) is 1. The maximum Gasteiger partial charge on any atom is 0.109 e. The highest BCUT2D eigenvalue weighted by Crippen LogP contribution is 2.18. The van der Waals surface area contributed by atoms with E-state index in [2.05, 4.69) is 17.2 Å². The fourth-order valence-electron chi connectivity index (χ4n) is 1.05. The molecular weight excluding hydrogens is 187 g/mol. The Morgan fingerprint density at radius 3 is 3.00 bits per heavy atom. The fraction of sp³-hybridized carbons (Fsp3) is 0.667. The average Bonchev–Trinajstić information content (AvgIpc) is 2.52. The van der Waals surface area contributed by atoms with Crippen LogP contribution in [0.1, 0.15) is 29.3 Å². The van der Waals surface area contributed by atoms with Crippen LogP contribution in [0.5, 0.6) is 0 Å². The van der Waals surface area contributed by atoms with Gasteiger partial charge < -0.3 is 5.32 Å². The second kappa shape index (κ2) is 5.29. The smallest absolute Gasteiger partial charge is 0.109 e. The predicted octanol–water partition coefficient (Wildman–Crippen LogP) is 2.46. The van der Waals surface area contributed by atoms with Crippen LogP contribution in [0.2, 0.25) is 0 Å². The molecule has 1 N–H and O–H groups in total. The zero-order valence-electron chi connectivity index (χ0n) is 8.01. The lowest BCUT2D eigenvalue weighted by atomic mass is 10.3. The van der Waals surface area contributed by atoms with Crippen molar-refractivity contribution in [2.24, 2.45) is 0 Å². The summed E-state index contributed by atoms with van der Waals surface area (Å²) < 4.78 is 11.8. The van der Waals surface area contributed by atoms with Crippen molar-refractivity contribution in [3.63, 3.8) is 0 Å². The number of hydrogen-bond donors (Lipinski definition) is 1. The van der Waals surface area contributed by atoms with Crippen LogP contribution in [-0.2, 0) is 0 Å². The molecule has 0 fully saturated rings. The molecule has 0 aliphatic carbocycles. The molecule has 1 rings (SSSR count). The van der Waals surface area contributed by atoms with Crippen molar-refractivity contribution in [2.75, 3.05) is 13.2 Å². The Hall–Kier alpha value is -0.480. The standard InChI is InChI=1S/C9H15FN2S/c1-7-6-12-9(13-7)8(2)11-5-3-4-10/h6,8,11H,3-5H2,1-2H3. The van der Waals surface area contributed by atoms with E-state index in [4.69, 9.17) is 0 Å². The van der Waals surface area contributed by atoms with E-state index in [0.717, 1.165) is 11.6 Å². The van der Waals surface area contributed by atoms with Crippen LogP contribution < -0.4 is 5.32 Å². The molecule has 1 heterocycles. The highest BCUT2D eigenvalue weighted by atomic mass is 32.1. The van der Waals surface area contributed by atoms with Gasteiger partial charge in [-0.05, 0) is 26.8 Å². The number of aryl methyl sites for hydroxylation is 1. The van der Waals surface area contributed by atoms with Gasteiger partial charge in [0.25, 0.3) is 0 Å². The highest BCUT2D eigenvalue weighted by molar-refractivity contribution is 7.11. The molecule has 1 aromatic heterocycles. The number of halogens is 1. The predicted molar refractivity (Wildman–Crippen MR) is 53.9 cm³/mol. The van der Waals surface area contributed by atoms with Crippen molar-refractivity contribution in [1.82, 2.24) is 10.3 Å². The van der Waals surface area contributed by atoms with Crippen LogP contribution in [0, 0.1) is 6.92 Å². The van der Waals surface area contributed by atoms with Crippen molar-refractivity contribution in [1.29, 1.82) is 0 Å². The van der Waals surface area contributed by atoms with Gasteiger partial charge in [-0.2, -0.15) is 0 Å². The number of aromatic nitrogens is 1. The molecule has 0 saturated heterocycles. The summed E-state index contributed by atoms with van der Waals surface area (Å²) in [6.45, 7) is 4.55. The monoisotopic (exact) mass is 202 g/mol. The molecule has 4 heteroatoms. The maximum atomic E-state index is 11.8. The summed E-state index contributed by atoms with van der Waals surface area (Å²) in [5.74, 6) is 0. The summed E-state index contributed by atoms with van der Waals surface area (Å²) in [6, 6.07) is 0.241. The normalized spacial score (nSPS) is 13.2. The van der Waals surface area contributed by atoms with Gasteiger partial charge in [0.05, 0.1) is 12.7 Å². The molecule has 1 aromatic rings. The van der Waals surface area contributed by atoms with E-state index < -0.39 is 0 Å². The SMILES string of the molecule is Cc1cnc(C(C)NCCCF)s1. The van der Waals surface area contributed by atoms with E-state index in [9.17, 15) is 4.39 Å². The second-order valence-electron chi connectivity index (χ2n) is 3.03. The first kappa shape index (κ1) is 10.6. The molecule has 0 amide bonds. The van der Waals surface area contributed by atoms with Crippen LogP contribution in [-0.4, -0.2) is 18.2 Å². The maximum absolute atomic E-state index is 11.8. The molecule has 74 valence electrons. The van der Waals surface area contributed by atoms with Gasteiger partial charge in [-0.3, -0.25) is 4.39 Å². The minimum atomic E-state index is -0.253. The Bertz CT molecular complexity index is 250. The van der Waals surface area contributed by atoms with Crippen LogP contribution in [0.4, 0.5) is 4.39 Å².